The molecular weight excluding hydrogens is 256 g/mol. The van der Waals surface area contributed by atoms with Crippen LogP contribution in [0.1, 0.15) is 6.42 Å². The number of rotatable bonds is 0. The average Bonchev–Trinajstić information content (AvgIpc) is 2.27. The average molecular weight is 262 g/mol. The lowest BCUT2D eigenvalue weighted by Gasteiger charge is -2.07. The Hall–Kier alpha value is -2.33. The van der Waals surface area contributed by atoms with Gasteiger partial charge in [0.15, 0.2) is 6.10 Å². The minimum Gasteiger partial charge on any atom is -0.416 e. The van der Waals surface area contributed by atoms with Crippen LogP contribution in [0.4, 0.5) is 0 Å². The molecule has 18 heavy (non-hydrogen) atoms. The van der Waals surface area contributed by atoms with Crippen LogP contribution in [0, 0.1) is 0 Å². The Morgan fingerprint density at radius 3 is 2.11 bits per heavy atom. The highest BCUT2D eigenvalue weighted by Gasteiger charge is 2.34. The second kappa shape index (κ2) is 5.33. The maximum absolute atomic E-state index is 11.0. The molecule has 1 heterocycles. The molecule has 0 aromatic rings. The number of aliphatic hydroxyl groups is 2. The van der Waals surface area contributed by atoms with Crippen molar-refractivity contribution in [2.45, 2.75) is 18.8 Å². The Bertz CT molecular complexity index is 424. The number of carbonyl (C=O) groups excluding carboxylic acids is 5. The van der Waals surface area contributed by atoms with Gasteiger partial charge in [0.1, 0.15) is 0 Å². The van der Waals surface area contributed by atoms with E-state index in [0.29, 0.717) is 0 Å². The predicted octanol–water partition coefficient (Wildman–Crippen LogP) is -3.25. The molecule has 1 saturated heterocycles. The van der Waals surface area contributed by atoms with Gasteiger partial charge in [0.2, 0.25) is 0 Å². The van der Waals surface area contributed by atoms with Crippen molar-refractivity contribution in [3.05, 3.63) is 0 Å². The van der Waals surface area contributed by atoms with Crippen LogP contribution < -0.4 is 0 Å². The molecule has 98 valence electrons. The zero-order valence-electron chi connectivity index (χ0n) is 8.52. The van der Waals surface area contributed by atoms with Crippen LogP contribution in [-0.4, -0.2) is 52.5 Å². The fourth-order valence-electron chi connectivity index (χ4n) is 0.844. The van der Waals surface area contributed by atoms with E-state index in [1.54, 1.807) is 0 Å². The van der Waals surface area contributed by atoms with Gasteiger partial charge in [0.05, 0.1) is 6.42 Å². The monoisotopic (exact) mass is 262 g/mol. The highest BCUT2D eigenvalue weighted by molar-refractivity contribution is 6.32. The van der Waals surface area contributed by atoms with E-state index in [-0.39, 0.29) is 0 Å². The van der Waals surface area contributed by atoms with E-state index in [0.717, 1.165) is 0 Å². The SMILES string of the molecule is O=C1CC(O)C(=O)OC(=O)C(=O)OC(O)C(=O)O1. The van der Waals surface area contributed by atoms with Crippen molar-refractivity contribution in [3.8, 4) is 0 Å². The minimum absolute atomic E-state index is 1.00. The Kier molecular flexibility index (Phi) is 4.07. The second-order valence-electron chi connectivity index (χ2n) is 2.98. The smallest absolute Gasteiger partial charge is 0.416 e. The standard InChI is InChI=1S/C8H6O10/c9-2-1-3(10)16-5(12)6(13)18-8(15)7(14)17-4(2)11/h2,6,9,13H,1H2. The Balaban J connectivity index is 2.93. The molecule has 0 bridgehead atoms. The summed E-state index contributed by atoms with van der Waals surface area (Å²) in [5.74, 6) is -8.39. The summed E-state index contributed by atoms with van der Waals surface area (Å²) < 4.78 is 11.5. The van der Waals surface area contributed by atoms with Crippen LogP contribution in [0.5, 0.6) is 0 Å². The summed E-state index contributed by atoms with van der Waals surface area (Å²) in [4.78, 5) is 54.5. The van der Waals surface area contributed by atoms with Gasteiger partial charge in [-0.05, 0) is 0 Å². The molecule has 1 fully saturated rings. The van der Waals surface area contributed by atoms with E-state index in [1.807, 2.05) is 0 Å². The van der Waals surface area contributed by atoms with Crippen LogP contribution in [0.15, 0.2) is 0 Å². The van der Waals surface area contributed by atoms with Crippen LogP contribution in [-0.2, 0) is 38.2 Å². The number of hydrogen-bond acceptors (Lipinski definition) is 10. The number of carbonyl (C=O) groups is 5. The molecule has 2 atom stereocenters. The third-order valence-electron chi connectivity index (χ3n) is 1.63. The molecule has 0 aromatic carbocycles. The molecule has 1 aliphatic rings. The highest BCUT2D eigenvalue weighted by Crippen LogP contribution is 2.04. The fourth-order valence-corrected chi connectivity index (χ4v) is 0.844. The number of aliphatic hydroxyl groups excluding tert-OH is 2. The maximum atomic E-state index is 11.0. The molecule has 2 N–H and O–H groups in total. The van der Waals surface area contributed by atoms with Crippen molar-refractivity contribution in [2.75, 3.05) is 0 Å². The predicted molar refractivity (Wildman–Crippen MR) is 44.9 cm³/mol. The molecule has 0 spiro atoms. The van der Waals surface area contributed by atoms with Crippen molar-refractivity contribution >= 4 is 29.8 Å². The van der Waals surface area contributed by atoms with Crippen molar-refractivity contribution in [1.29, 1.82) is 0 Å². The molecule has 2 unspecified atom stereocenters. The summed E-state index contributed by atoms with van der Waals surface area (Å²) in [5, 5.41) is 18.0. The third-order valence-corrected chi connectivity index (χ3v) is 1.63. The number of cyclic esters (lactones) is 5. The van der Waals surface area contributed by atoms with Gasteiger partial charge in [-0.3, -0.25) is 4.79 Å². The second-order valence-corrected chi connectivity index (χ2v) is 2.98. The molecule has 1 aliphatic heterocycles. The molecule has 0 radical (unpaired) electrons. The first-order valence-electron chi connectivity index (χ1n) is 4.38. The largest absolute Gasteiger partial charge is 0.425 e. The topological polar surface area (TPSA) is 153 Å². The Morgan fingerprint density at radius 1 is 0.889 bits per heavy atom. The van der Waals surface area contributed by atoms with E-state index >= 15 is 0 Å². The molecule has 0 aromatic heterocycles. The highest BCUT2D eigenvalue weighted by atomic mass is 16.7. The molecule has 10 nitrogen and oxygen atoms in total. The van der Waals surface area contributed by atoms with E-state index in [1.165, 1.54) is 0 Å². The summed E-state index contributed by atoms with van der Waals surface area (Å²) in [6, 6.07) is 0. The number of esters is 5. The van der Waals surface area contributed by atoms with Gasteiger partial charge in [0, 0.05) is 0 Å². The van der Waals surface area contributed by atoms with Gasteiger partial charge in [0.25, 0.3) is 0 Å². The molecule has 0 amide bonds. The zero-order chi connectivity index (χ0) is 13.9. The zero-order valence-corrected chi connectivity index (χ0v) is 8.52. The van der Waals surface area contributed by atoms with Crippen LogP contribution in [0.2, 0.25) is 0 Å². The summed E-state index contributed by atoms with van der Waals surface area (Å²) >= 11 is 0. The first-order chi connectivity index (χ1) is 8.31. The third kappa shape index (κ3) is 3.33. The van der Waals surface area contributed by atoms with Gasteiger partial charge < -0.3 is 24.4 Å². The van der Waals surface area contributed by atoms with Gasteiger partial charge in [-0.15, -0.1) is 0 Å². The quantitative estimate of drug-likeness (QED) is 0.197. The molecular formula is C8H6O10. The van der Waals surface area contributed by atoms with Crippen molar-refractivity contribution < 1.29 is 48.4 Å². The van der Waals surface area contributed by atoms with E-state index in [9.17, 15) is 24.0 Å². The summed E-state index contributed by atoms with van der Waals surface area (Å²) in [6.45, 7) is 0. The Morgan fingerprint density at radius 2 is 1.50 bits per heavy atom. The first kappa shape index (κ1) is 13.7. The summed E-state index contributed by atoms with van der Waals surface area (Å²) in [5.41, 5.74) is 0. The lowest BCUT2D eigenvalue weighted by atomic mass is 10.2. The molecule has 0 saturated carbocycles. The maximum Gasteiger partial charge on any atom is 0.425 e. The van der Waals surface area contributed by atoms with Crippen LogP contribution in [0.25, 0.3) is 0 Å². The van der Waals surface area contributed by atoms with Crippen LogP contribution in [0.3, 0.4) is 0 Å². The molecule has 1 rings (SSSR count). The van der Waals surface area contributed by atoms with E-state index in [2.05, 4.69) is 14.2 Å². The Labute approximate surface area is 98.0 Å². The van der Waals surface area contributed by atoms with Gasteiger partial charge in [-0.1, -0.05) is 0 Å². The van der Waals surface area contributed by atoms with Crippen molar-refractivity contribution in [2.24, 2.45) is 0 Å². The van der Waals surface area contributed by atoms with E-state index < -0.39 is 48.7 Å². The lowest BCUT2D eigenvalue weighted by molar-refractivity contribution is -0.197. The normalized spacial score (nSPS) is 26.9. The van der Waals surface area contributed by atoms with Crippen molar-refractivity contribution in [1.82, 2.24) is 0 Å². The molecule has 0 aliphatic carbocycles. The first-order valence-corrected chi connectivity index (χ1v) is 4.38. The molecule has 10 heteroatoms. The fraction of sp³-hybridized carbons (Fsp3) is 0.375. The van der Waals surface area contributed by atoms with Gasteiger partial charge in [-0.25, -0.2) is 19.2 Å². The summed E-state index contributed by atoms with van der Waals surface area (Å²) in [7, 11) is 0. The van der Waals surface area contributed by atoms with Gasteiger partial charge >= 0.3 is 36.1 Å². The number of hydrogen-bond donors (Lipinski definition) is 2. The van der Waals surface area contributed by atoms with E-state index in [4.69, 9.17) is 10.2 Å². The van der Waals surface area contributed by atoms with Crippen molar-refractivity contribution in [3.63, 3.8) is 0 Å². The van der Waals surface area contributed by atoms with Crippen LogP contribution >= 0.6 is 0 Å². The summed E-state index contributed by atoms with van der Waals surface area (Å²) in [6.07, 6.45) is -5.63. The van der Waals surface area contributed by atoms with Gasteiger partial charge in [-0.2, -0.15) is 0 Å². The number of ether oxygens (including phenoxy) is 3. The minimum atomic E-state index is -2.53. The lowest BCUT2D eigenvalue weighted by Crippen LogP contribution is -2.33.